The fourth-order valence-corrected chi connectivity index (χ4v) is 1.67. The Labute approximate surface area is 105 Å². The van der Waals surface area contributed by atoms with Gasteiger partial charge in [0.2, 0.25) is 0 Å². The lowest BCUT2D eigenvalue weighted by Gasteiger charge is -2.09. The van der Waals surface area contributed by atoms with Crippen LogP contribution in [-0.2, 0) is 0 Å². The molecule has 0 bridgehead atoms. The van der Waals surface area contributed by atoms with E-state index in [0.717, 1.165) is 5.56 Å². The topological polar surface area (TPSA) is 9.23 Å². The Morgan fingerprint density at radius 2 is 1.76 bits per heavy atom. The highest BCUT2D eigenvalue weighted by molar-refractivity contribution is 6.32. The first-order valence-corrected chi connectivity index (χ1v) is 5.64. The summed E-state index contributed by atoms with van der Waals surface area (Å²) in [5.41, 5.74) is 2.34. The van der Waals surface area contributed by atoms with Crippen LogP contribution in [0, 0.1) is 19.7 Å². The summed E-state index contributed by atoms with van der Waals surface area (Å²) in [5.74, 6) is 0.778. The number of rotatable bonds is 2. The van der Waals surface area contributed by atoms with Gasteiger partial charge in [-0.15, -0.1) is 0 Å². The van der Waals surface area contributed by atoms with Crippen molar-refractivity contribution >= 4 is 11.6 Å². The van der Waals surface area contributed by atoms with Gasteiger partial charge in [-0.05, 0) is 55.3 Å². The second-order valence-electron chi connectivity index (χ2n) is 3.92. The molecule has 0 amide bonds. The van der Waals surface area contributed by atoms with E-state index in [1.54, 1.807) is 0 Å². The Morgan fingerprint density at radius 1 is 1.00 bits per heavy atom. The third kappa shape index (κ3) is 2.77. The number of aryl methyl sites for hydroxylation is 2. The second-order valence-corrected chi connectivity index (χ2v) is 4.33. The van der Waals surface area contributed by atoms with Crippen molar-refractivity contribution in [3.8, 4) is 11.5 Å². The van der Waals surface area contributed by atoms with Gasteiger partial charge in [0.05, 0.1) is 5.02 Å². The summed E-state index contributed by atoms with van der Waals surface area (Å²) < 4.78 is 18.5. The molecule has 0 unspecified atom stereocenters. The molecular formula is C14H12ClFO. The molecule has 17 heavy (non-hydrogen) atoms. The fraction of sp³-hybridized carbons (Fsp3) is 0.143. The SMILES string of the molecule is Cc1ccc(Oc2ccc(F)cc2Cl)cc1C. The largest absolute Gasteiger partial charge is 0.456 e. The summed E-state index contributed by atoms with van der Waals surface area (Å²) in [6.07, 6.45) is 0. The van der Waals surface area contributed by atoms with E-state index >= 15 is 0 Å². The molecule has 0 radical (unpaired) electrons. The van der Waals surface area contributed by atoms with Crippen LogP contribution in [0.3, 0.4) is 0 Å². The lowest BCUT2D eigenvalue weighted by molar-refractivity contribution is 0.480. The van der Waals surface area contributed by atoms with Gasteiger partial charge in [0.15, 0.2) is 0 Å². The third-order valence-corrected chi connectivity index (χ3v) is 2.90. The average molecular weight is 251 g/mol. The monoisotopic (exact) mass is 250 g/mol. The zero-order valence-corrected chi connectivity index (χ0v) is 10.4. The molecule has 0 fully saturated rings. The third-order valence-electron chi connectivity index (χ3n) is 2.60. The standard InChI is InChI=1S/C14H12ClFO/c1-9-3-5-12(7-10(9)2)17-14-6-4-11(16)8-13(14)15/h3-8H,1-2H3. The minimum Gasteiger partial charge on any atom is -0.456 e. The van der Waals surface area contributed by atoms with Crippen molar-refractivity contribution in [2.75, 3.05) is 0 Å². The van der Waals surface area contributed by atoms with E-state index in [-0.39, 0.29) is 10.8 Å². The fourth-order valence-electron chi connectivity index (χ4n) is 1.46. The van der Waals surface area contributed by atoms with Gasteiger partial charge < -0.3 is 4.74 Å². The first-order valence-electron chi connectivity index (χ1n) is 5.26. The van der Waals surface area contributed by atoms with E-state index in [2.05, 4.69) is 0 Å². The molecule has 0 atom stereocenters. The molecule has 0 saturated heterocycles. The lowest BCUT2D eigenvalue weighted by Crippen LogP contribution is -1.88. The predicted octanol–water partition coefficient (Wildman–Crippen LogP) is 4.89. The molecule has 1 nitrogen and oxygen atoms in total. The normalized spacial score (nSPS) is 10.4. The minimum absolute atomic E-state index is 0.267. The summed E-state index contributed by atoms with van der Waals surface area (Å²) in [4.78, 5) is 0. The van der Waals surface area contributed by atoms with E-state index in [9.17, 15) is 4.39 Å². The van der Waals surface area contributed by atoms with Gasteiger partial charge in [0.25, 0.3) is 0 Å². The van der Waals surface area contributed by atoms with Crippen molar-refractivity contribution in [3.05, 3.63) is 58.4 Å². The van der Waals surface area contributed by atoms with E-state index in [4.69, 9.17) is 16.3 Å². The molecule has 0 N–H and O–H groups in total. The maximum Gasteiger partial charge on any atom is 0.146 e. The van der Waals surface area contributed by atoms with Crippen LogP contribution in [0.1, 0.15) is 11.1 Å². The molecule has 0 aliphatic heterocycles. The quantitative estimate of drug-likeness (QED) is 0.737. The van der Waals surface area contributed by atoms with Crippen LogP contribution in [0.2, 0.25) is 5.02 Å². The van der Waals surface area contributed by atoms with E-state index in [1.165, 1.54) is 23.8 Å². The summed E-state index contributed by atoms with van der Waals surface area (Å²) in [6, 6.07) is 9.84. The molecule has 0 heterocycles. The summed E-state index contributed by atoms with van der Waals surface area (Å²) in [5, 5.41) is 0.267. The number of benzene rings is 2. The molecule has 2 rings (SSSR count). The van der Waals surface area contributed by atoms with Gasteiger partial charge in [-0.1, -0.05) is 17.7 Å². The van der Waals surface area contributed by atoms with Gasteiger partial charge >= 0.3 is 0 Å². The maximum absolute atomic E-state index is 12.9. The molecule has 2 aromatic rings. The molecule has 2 aromatic carbocycles. The number of hydrogen-bond acceptors (Lipinski definition) is 1. The first kappa shape index (κ1) is 11.9. The Hall–Kier alpha value is -1.54. The number of hydrogen-bond donors (Lipinski definition) is 0. The summed E-state index contributed by atoms with van der Waals surface area (Å²) >= 11 is 5.89. The number of halogens is 2. The van der Waals surface area contributed by atoms with E-state index in [0.29, 0.717) is 11.5 Å². The van der Waals surface area contributed by atoms with Crippen molar-refractivity contribution in [1.82, 2.24) is 0 Å². The summed E-state index contributed by atoms with van der Waals surface area (Å²) in [6.45, 7) is 4.04. The van der Waals surface area contributed by atoms with Crippen LogP contribution >= 0.6 is 11.6 Å². The zero-order chi connectivity index (χ0) is 12.4. The van der Waals surface area contributed by atoms with Crippen LogP contribution in [0.5, 0.6) is 11.5 Å². The van der Waals surface area contributed by atoms with Gasteiger partial charge in [0, 0.05) is 0 Å². The highest BCUT2D eigenvalue weighted by atomic mass is 35.5. The first-order chi connectivity index (χ1) is 8.06. The molecule has 3 heteroatoms. The Morgan fingerprint density at radius 3 is 2.41 bits per heavy atom. The summed E-state index contributed by atoms with van der Waals surface area (Å²) in [7, 11) is 0. The predicted molar refractivity (Wildman–Crippen MR) is 67.4 cm³/mol. The van der Waals surface area contributed by atoms with Gasteiger partial charge in [-0.25, -0.2) is 4.39 Å². The van der Waals surface area contributed by atoms with Crippen LogP contribution < -0.4 is 4.74 Å². The molecule has 0 aliphatic carbocycles. The highest BCUT2D eigenvalue weighted by Gasteiger charge is 2.05. The van der Waals surface area contributed by atoms with Gasteiger partial charge in [-0.3, -0.25) is 0 Å². The lowest BCUT2D eigenvalue weighted by atomic mass is 10.1. The molecular weight excluding hydrogens is 239 g/mol. The second kappa shape index (κ2) is 4.76. The molecule has 0 aromatic heterocycles. The number of ether oxygens (including phenoxy) is 1. The van der Waals surface area contributed by atoms with Crippen molar-refractivity contribution in [3.63, 3.8) is 0 Å². The molecule has 0 spiro atoms. The molecule has 0 saturated carbocycles. The van der Waals surface area contributed by atoms with Crippen LogP contribution in [0.4, 0.5) is 4.39 Å². The van der Waals surface area contributed by atoms with E-state index < -0.39 is 0 Å². The van der Waals surface area contributed by atoms with Crippen LogP contribution in [0.25, 0.3) is 0 Å². The smallest absolute Gasteiger partial charge is 0.146 e. The molecule has 0 aliphatic rings. The minimum atomic E-state index is -0.373. The highest BCUT2D eigenvalue weighted by Crippen LogP contribution is 2.30. The average Bonchev–Trinajstić information content (AvgIpc) is 2.27. The van der Waals surface area contributed by atoms with E-state index in [1.807, 2.05) is 32.0 Å². The Kier molecular flexibility index (Phi) is 3.34. The van der Waals surface area contributed by atoms with Gasteiger partial charge in [0.1, 0.15) is 17.3 Å². The molecule has 88 valence electrons. The Bertz CT molecular complexity index is 552. The zero-order valence-electron chi connectivity index (χ0n) is 9.63. The maximum atomic E-state index is 12.9. The van der Waals surface area contributed by atoms with Crippen molar-refractivity contribution in [2.45, 2.75) is 13.8 Å². The van der Waals surface area contributed by atoms with Gasteiger partial charge in [-0.2, -0.15) is 0 Å². The van der Waals surface area contributed by atoms with Crippen LogP contribution in [0.15, 0.2) is 36.4 Å². The Balaban J connectivity index is 2.28. The van der Waals surface area contributed by atoms with Crippen LogP contribution in [-0.4, -0.2) is 0 Å². The van der Waals surface area contributed by atoms with Crippen molar-refractivity contribution in [2.24, 2.45) is 0 Å². The van der Waals surface area contributed by atoms with Crippen molar-refractivity contribution in [1.29, 1.82) is 0 Å². The van der Waals surface area contributed by atoms with Crippen molar-refractivity contribution < 1.29 is 9.13 Å².